The van der Waals surface area contributed by atoms with Gasteiger partial charge in [0.15, 0.2) is 6.10 Å². The van der Waals surface area contributed by atoms with E-state index in [1.165, 1.54) is 0 Å². The molecular formula is C13H15NO3. The number of fused-ring (bicyclic) bond motifs is 1. The lowest BCUT2D eigenvalue weighted by atomic mass is 10.1. The largest absolute Gasteiger partial charge is 0.464 e. The van der Waals surface area contributed by atoms with E-state index in [9.17, 15) is 9.90 Å². The number of rotatable bonds is 3. The van der Waals surface area contributed by atoms with Crippen LogP contribution in [0.15, 0.2) is 24.4 Å². The van der Waals surface area contributed by atoms with Crippen LogP contribution in [0, 0.1) is 6.92 Å². The van der Waals surface area contributed by atoms with E-state index in [4.69, 9.17) is 4.74 Å². The number of H-pyrrole nitrogens is 1. The molecule has 0 saturated heterocycles. The maximum atomic E-state index is 11.4. The molecule has 0 aliphatic carbocycles. The lowest BCUT2D eigenvalue weighted by molar-refractivity contribution is -0.153. The van der Waals surface area contributed by atoms with Gasteiger partial charge in [-0.2, -0.15) is 0 Å². The van der Waals surface area contributed by atoms with Gasteiger partial charge in [-0.05, 0) is 37.1 Å². The van der Waals surface area contributed by atoms with Gasteiger partial charge in [0.2, 0.25) is 0 Å². The number of carbonyl (C=O) groups is 1. The molecule has 0 aliphatic heterocycles. The fraction of sp³-hybridized carbons (Fsp3) is 0.308. The molecule has 0 radical (unpaired) electrons. The van der Waals surface area contributed by atoms with E-state index >= 15 is 0 Å². The van der Waals surface area contributed by atoms with Gasteiger partial charge in [0, 0.05) is 17.1 Å². The van der Waals surface area contributed by atoms with Crippen LogP contribution in [0.5, 0.6) is 0 Å². The number of carbonyl (C=O) groups excluding carboxylic acids is 1. The van der Waals surface area contributed by atoms with Gasteiger partial charge < -0.3 is 14.8 Å². The number of aliphatic hydroxyl groups is 1. The van der Waals surface area contributed by atoms with Crippen molar-refractivity contribution in [3.05, 3.63) is 35.5 Å². The number of aryl methyl sites for hydroxylation is 1. The Labute approximate surface area is 99.2 Å². The Kier molecular flexibility index (Phi) is 3.15. The lowest BCUT2D eigenvalue weighted by Crippen LogP contribution is -2.15. The van der Waals surface area contributed by atoms with Crippen LogP contribution < -0.4 is 0 Å². The smallest absolute Gasteiger partial charge is 0.339 e. The van der Waals surface area contributed by atoms with Gasteiger partial charge >= 0.3 is 5.97 Å². The van der Waals surface area contributed by atoms with Crippen LogP contribution in [0.3, 0.4) is 0 Å². The Morgan fingerprint density at radius 1 is 1.53 bits per heavy atom. The van der Waals surface area contributed by atoms with Crippen molar-refractivity contribution in [1.82, 2.24) is 4.98 Å². The molecule has 1 aromatic heterocycles. The van der Waals surface area contributed by atoms with E-state index in [1.54, 1.807) is 13.0 Å². The second-order valence-electron chi connectivity index (χ2n) is 3.93. The summed E-state index contributed by atoms with van der Waals surface area (Å²) in [4.78, 5) is 14.5. The van der Waals surface area contributed by atoms with Crippen LogP contribution in [0.25, 0.3) is 10.9 Å². The summed E-state index contributed by atoms with van der Waals surface area (Å²) in [6.07, 6.45) is 0.680. The quantitative estimate of drug-likeness (QED) is 0.798. The Morgan fingerprint density at radius 2 is 2.29 bits per heavy atom. The summed E-state index contributed by atoms with van der Waals surface area (Å²) in [6, 6.07) is 5.38. The lowest BCUT2D eigenvalue weighted by Gasteiger charge is -2.10. The van der Waals surface area contributed by atoms with Crippen molar-refractivity contribution in [2.75, 3.05) is 6.61 Å². The Morgan fingerprint density at radius 3 is 3.00 bits per heavy atom. The first kappa shape index (κ1) is 11.7. The molecule has 90 valence electrons. The number of nitrogens with one attached hydrogen (secondary N) is 1. The molecule has 0 aliphatic rings. The summed E-state index contributed by atoms with van der Waals surface area (Å²) < 4.78 is 4.79. The van der Waals surface area contributed by atoms with E-state index < -0.39 is 12.1 Å². The second-order valence-corrected chi connectivity index (χ2v) is 3.93. The fourth-order valence-electron chi connectivity index (χ4n) is 1.81. The van der Waals surface area contributed by atoms with E-state index in [0.717, 1.165) is 16.5 Å². The minimum absolute atomic E-state index is 0.265. The fourth-order valence-corrected chi connectivity index (χ4v) is 1.81. The number of esters is 1. The van der Waals surface area contributed by atoms with Crippen LogP contribution in [0.2, 0.25) is 0 Å². The van der Waals surface area contributed by atoms with Crippen molar-refractivity contribution in [3.63, 3.8) is 0 Å². The summed E-state index contributed by atoms with van der Waals surface area (Å²) >= 11 is 0. The highest BCUT2D eigenvalue weighted by atomic mass is 16.5. The molecule has 2 aromatic rings. The minimum Gasteiger partial charge on any atom is -0.464 e. The van der Waals surface area contributed by atoms with E-state index in [-0.39, 0.29) is 6.61 Å². The molecule has 0 spiro atoms. The van der Waals surface area contributed by atoms with Gasteiger partial charge in [0.05, 0.1) is 6.61 Å². The summed E-state index contributed by atoms with van der Waals surface area (Å²) in [5, 5.41) is 10.8. The van der Waals surface area contributed by atoms with Crippen LogP contribution in [-0.4, -0.2) is 22.7 Å². The maximum absolute atomic E-state index is 11.4. The molecule has 1 atom stereocenters. The van der Waals surface area contributed by atoms with Crippen molar-refractivity contribution >= 4 is 16.9 Å². The topological polar surface area (TPSA) is 62.3 Å². The standard InChI is InChI=1S/C13H15NO3/c1-3-17-13(16)12(15)9-4-5-11-10(6-9)8(2)7-14-11/h4-7,12,14-15H,3H2,1-2H3. The highest BCUT2D eigenvalue weighted by Gasteiger charge is 2.19. The van der Waals surface area contributed by atoms with Crippen molar-refractivity contribution in [3.8, 4) is 0 Å². The van der Waals surface area contributed by atoms with E-state index in [1.807, 2.05) is 25.3 Å². The van der Waals surface area contributed by atoms with Gasteiger partial charge in [-0.1, -0.05) is 6.07 Å². The SMILES string of the molecule is CCOC(=O)C(O)c1ccc2[nH]cc(C)c2c1. The number of aromatic nitrogens is 1. The van der Waals surface area contributed by atoms with Crippen LogP contribution in [0.1, 0.15) is 24.2 Å². The monoisotopic (exact) mass is 233 g/mol. The molecule has 1 unspecified atom stereocenters. The summed E-state index contributed by atoms with van der Waals surface area (Å²) in [6.45, 7) is 3.95. The third kappa shape index (κ3) is 2.17. The number of hydrogen-bond acceptors (Lipinski definition) is 3. The van der Waals surface area contributed by atoms with E-state index in [0.29, 0.717) is 5.56 Å². The van der Waals surface area contributed by atoms with Crippen molar-refractivity contribution < 1.29 is 14.6 Å². The maximum Gasteiger partial charge on any atom is 0.339 e. The van der Waals surface area contributed by atoms with Crippen molar-refractivity contribution in [2.45, 2.75) is 20.0 Å². The normalized spacial score (nSPS) is 12.6. The zero-order chi connectivity index (χ0) is 12.4. The second kappa shape index (κ2) is 4.59. The third-order valence-corrected chi connectivity index (χ3v) is 2.74. The molecular weight excluding hydrogens is 218 g/mol. The van der Waals surface area contributed by atoms with Crippen LogP contribution >= 0.6 is 0 Å². The Bertz CT molecular complexity index is 545. The summed E-state index contributed by atoms with van der Waals surface area (Å²) in [5.74, 6) is -0.611. The molecule has 4 heteroatoms. The average Bonchev–Trinajstić information content (AvgIpc) is 2.70. The number of hydrogen-bond donors (Lipinski definition) is 2. The molecule has 0 bridgehead atoms. The predicted molar refractivity (Wildman–Crippen MR) is 64.6 cm³/mol. The first-order valence-corrected chi connectivity index (χ1v) is 5.55. The Balaban J connectivity index is 2.35. The average molecular weight is 233 g/mol. The molecule has 2 N–H and O–H groups in total. The minimum atomic E-state index is -1.21. The first-order valence-electron chi connectivity index (χ1n) is 5.55. The molecule has 1 heterocycles. The Hall–Kier alpha value is -1.81. The molecule has 2 rings (SSSR count). The predicted octanol–water partition coefficient (Wildman–Crippen LogP) is 2.07. The molecule has 1 aromatic carbocycles. The van der Waals surface area contributed by atoms with Gasteiger partial charge in [0.1, 0.15) is 0 Å². The summed E-state index contributed by atoms with van der Waals surface area (Å²) in [5.41, 5.74) is 2.62. The molecule has 0 fully saturated rings. The molecule has 17 heavy (non-hydrogen) atoms. The third-order valence-electron chi connectivity index (χ3n) is 2.74. The zero-order valence-electron chi connectivity index (χ0n) is 9.86. The van der Waals surface area contributed by atoms with Crippen molar-refractivity contribution in [2.24, 2.45) is 0 Å². The highest BCUT2D eigenvalue weighted by Crippen LogP contribution is 2.23. The van der Waals surface area contributed by atoms with Crippen LogP contribution in [0.4, 0.5) is 0 Å². The molecule has 4 nitrogen and oxygen atoms in total. The van der Waals surface area contributed by atoms with E-state index in [2.05, 4.69) is 4.98 Å². The number of aliphatic hydroxyl groups excluding tert-OH is 1. The molecule has 0 saturated carbocycles. The highest BCUT2D eigenvalue weighted by molar-refractivity contribution is 5.85. The molecule has 0 amide bonds. The first-order chi connectivity index (χ1) is 8.13. The van der Waals surface area contributed by atoms with Gasteiger partial charge in [-0.15, -0.1) is 0 Å². The number of ether oxygens (including phenoxy) is 1. The van der Waals surface area contributed by atoms with Crippen LogP contribution in [-0.2, 0) is 9.53 Å². The van der Waals surface area contributed by atoms with Gasteiger partial charge in [-0.25, -0.2) is 4.79 Å². The van der Waals surface area contributed by atoms with Gasteiger partial charge in [0.25, 0.3) is 0 Å². The van der Waals surface area contributed by atoms with Gasteiger partial charge in [-0.3, -0.25) is 0 Å². The summed E-state index contributed by atoms with van der Waals surface area (Å²) in [7, 11) is 0. The number of benzene rings is 1. The van der Waals surface area contributed by atoms with Crippen molar-refractivity contribution in [1.29, 1.82) is 0 Å². The zero-order valence-corrected chi connectivity index (χ0v) is 9.86. The number of aromatic amines is 1.